The first-order valence-corrected chi connectivity index (χ1v) is 8.40. The Morgan fingerprint density at radius 3 is 2.75 bits per heavy atom. The van der Waals surface area contributed by atoms with E-state index in [1.165, 1.54) is 0 Å². The van der Waals surface area contributed by atoms with Gasteiger partial charge in [-0.2, -0.15) is 5.10 Å². The molecule has 1 aliphatic heterocycles. The van der Waals surface area contributed by atoms with Crippen LogP contribution in [0.5, 0.6) is 0 Å². The number of rotatable bonds is 3. The van der Waals surface area contributed by atoms with Gasteiger partial charge in [-0.3, -0.25) is 4.79 Å². The van der Waals surface area contributed by atoms with Gasteiger partial charge in [0.1, 0.15) is 5.69 Å². The van der Waals surface area contributed by atoms with Crippen LogP contribution in [0.3, 0.4) is 0 Å². The number of aromatic nitrogens is 3. The van der Waals surface area contributed by atoms with Crippen LogP contribution in [0.25, 0.3) is 5.82 Å². The highest BCUT2D eigenvalue weighted by atomic mass is 35.5. The van der Waals surface area contributed by atoms with Crippen LogP contribution >= 0.6 is 11.6 Å². The molecule has 0 bridgehead atoms. The molecule has 6 nitrogen and oxygen atoms in total. The van der Waals surface area contributed by atoms with Crippen LogP contribution in [0.1, 0.15) is 35.2 Å². The van der Waals surface area contributed by atoms with Gasteiger partial charge in [0, 0.05) is 18.8 Å². The number of pyridine rings is 1. The van der Waals surface area contributed by atoms with Crippen LogP contribution in [0.4, 0.5) is 0 Å². The molecule has 2 aromatic rings. The second-order valence-corrected chi connectivity index (χ2v) is 7.24. The molecule has 0 radical (unpaired) electrons. The van der Waals surface area contributed by atoms with E-state index in [1.54, 1.807) is 21.7 Å². The Morgan fingerprint density at radius 1 is 1.42 bits per heavy atom. The van der Waals surface area contributed by atoms with Gasteiger partial charge in [0.05, 0.1) is 10.7 Å². The minimum Gasteiger partial charge on any atom is -0.337 e. The standard InChI is InChI=1S/C17H22ClN5O/c1-11-8-12(2)23(21-11)14-5-4-13(18)15(20-14)16(24)22-7-6-17(3,9-19)10-22/h4-5,8H,6-7,9-10,19H2,1-3H3. The maximum atomic E-state index is 12.9. The van der Waals surface area contributed by atoms with Gasteiger partial charge in [0.2, 0.25) is 0 Å². The number of halogens is 1. The number of aryl methyl sites for hydroxylation is 2. The van der Waals surface area contributed by atoms with Gasteiger partial charge in [0.25, 0.3) is 5.91 Å². The fourth-order valence-electron chi connectivity index (χ4n) is 3.07. The first-order valence-electron chi connectivity index (χ1n) is 8.02. The van der Waals surface area contributed by atoms with E-state index in [-0.39, 0.29) is 17.0 Å². The summed E-state index contributed by atoms with van der Waals surface area (Å²) in [7, 11) is 0. The molecule has 1 saturated heterocycles. The molecule has 128 valence electrons. The van der Waals surface area contributed by atoms with Crippen LogP contribution in [0, 0.1) is 19.3 Å². The van der Waals surface area contributed by atoms with E-state index < -0.39 is 0 Å². The fourth-order valence-corrected chi connectivity index (χ4v) is 3.26. The Labute approximate surface area is 146 Å². The quantitative estimate of drug-likeness (QED) is 0.924. The fraction of sp³-hybridized carbons (Fsp3) is 0.471. The predicted molar refractivity (Wildman–Crippen MR) is 93.5 cm³/mol. The summed E-state index contributed by atoms with van der Waals surface area (Å²) in [4.78, 5) is 19.1. The van der Waals surface area contributed by atoms with E-state index in [1.807, 2.05) is 19.9 Å². The molecule has 3 rings (SSSR count). The van der Waals surface area contributed by atoms with Crippen molar-refractivity contribution in [3.8, 4) is 5.82 Å². The molecule has 7 heteroatoms. The summed E-state index contributed by atoms with van der Waals surface area (Å²) in [6.07, 6.45) is 0.893. The SMILES string of the molecule is Cc1cc(C)n(-c2ccc(Cl)c(C(=O)N3CCC(C)(CN)C3)n2)n1. The monoisotopic (exact) mass is 347 g/mol. The van der Waals surface area contributed by atoms with Crippen molar-refractivity contribution < 1.29 is 4.79 Å². The third kappa shape index (κ3) is 3.03. The van der Waals surface area contributed by atoms with Gasteiger partial charge in [-0.15, -0.1) is 0 Å². The summed E-state index contributed by atoms with van der Waals surface area (Å²) in [5, 5.41) is 4.77. The van der Waals surface area contributed by atoms with E-state index in [0.29, 0.717) is 30.5 Å². The average Bonchev–Trinajstić information content (AvgIpc) is 3.10. The van der Waals surface area contributed by atoms with Crippen molar-refractivity contribution in [2.45, 2.75) is 27.2 Å². The summed E-state index contributed by atoms with van der Waals surface area (Å²) in [6, 6.07) is 5.43. The van der Waals surface area contributed by atoms with Gasteiger partial charge < -0.3 is 10.6 Å². The molecule has 0 aromatic carbocycles. The largest absolute Gasteiger partial charge is 0.337 e. The van der Waals surface area contributed by atoms with Crippen molar-refractivity contribution >= 4 is 17.5 Å². The van der Waals surface area contributed by atoms with Gasteiger partial charge in [0.15, 0.2) is 5.82 Å². The lowest BCUT2D eigenvalue weighted by Gasteiger charge is -2.22. The molecule has 24 heavy (non-hydrogen) atoms. The lowest BCUT2D eigenvalue weighted by atomic mass is 9.90. The Bertz CT molecular complexity index is 787. The predicted octanol–water partition coefficient (Wildman–Crippen LogP) is 2.35. The van der Waals surface area contributed by atoms with Gasteiger partial charge in [-0.25, -0.2) is 9.67 Å². The molecule has 0 aliphatic carbocycles. The van der Waals surface area contributed by atoms with Crippen LogP contribution in [-0.4, -0.2) is 45.2 Å². The normalized spacial score (nSPS) is 20.6. The number of hydrogen-bond acceptors (Lipinski definition) is 4. The Hall–Kier alpha value is -1.92. The number of amides is 1. The maximum absolute atomic E-state index is 12.9. The summed E-state index contributed by atoms with van der Waals surface area (Å²) >= 11 is 6.24. The lowest BCUT2D eigenvalue weighted by Crippen LogP contribution is -2.35. The van der Waals surface area contributed by atoms with Crippen molar-refractivity contribution in [3.05, 3.63) is 40.3 Å². The first kappa shape index (κ1) is 16.9. The molecular formula is C17H22ClN5O. The average molecular weight is 348 g/mol. The summed E-state index contributed by atoms with van der Waals surface area (Å²) in [5.74, 6) is 0.440. The minimum absolute atomic E-state index is 0.0323. The van der Waals surface area contributed by atoms with Crippen LogP contribution in [0.15, 0.2) is 18.2 Å². The van der Waals surface area contributed by atoms with E-state index in [4.69, 9.17) is 17.3 Å². The molecule has 0 saturated carbocycles. The topological polar surface area (TPSA) is 77.0 Å². The van der Waals surface area contributed by atoms with E-state index in [0.717, 1.165) is 17.8 Å². The zero-order chi connectivity index (χ0) is 17.5. The second kappa shape index (κ2) is 6.18. The molecular weight excluding hydrogens is 326 g/mol. The van der Waals surface area contributed by atoms with Crippen molar-refractivity contribution in [3.63, 3.8) is 0 Å². The Morgan fingerprint density at radius 2 is 2.17 bits per heavy atom. The number of carbonyl (C=O) groups excluding carboxylic acids is 1. The highest BCUT2D eigenvalue weighted by Gasteiger charge is 2.36. The highest BCUT2D eigenvalue weighted by Crippen LogP contribution is 2.30. The third-order valence-corrected chi connectivity index (χ3v) is 4.90. The summed E-state index contributed by atoms with van der Waals surface area (Å²) in [6.45, 7) is 7.83. The number of likely N-dealkylation sites (tertiary alicyclic amines) is 1. The van der Waals surface area contributed by atoms with E-state index in [9.17, 15) is 4.79 Å². The lowest BCUT2D eigenvalue weighted by molar-refractivity contribution is 0.0771. The van der Waals surface area contributed by atoms with Crippen LogP contribution in [-0.2, 0) is 0 Å². The van der Waals surface area contributed by atoms with Crippen molar-refractivity contribution in [1.29, 1.82) is 0 Å². The second-order valence-electron chi connectivity index (χ2n) is 6.83. The van der Waals surface area contributed by atoms with Crippen LogP contribution in [0.2, 0.25) is 5.02 Å². The van der Waals surface area contributed by atoms with Crippen molar-refractivity contribution in [2.75, 3.05) is 19.6 Å². The first-order chi connectivity index (χ1) is 11.3. The molecule has 1 atom stereocenters. The molecule has 1 unspecified atom stereocenters. The van der Waals surface area contributed by atoms with Gasteiger partial charge in [-0.05, 0) is 50.4 Å². The van der Waals surface area contributed by atoms with E-state index in [2.05, 4.69) is 17.0 Å². The van der Waals surface area contributed by atoms with Crippen LogP contribution < -0.4 is 5.73 Å². The van der Waals surface area contributed by atoms with Crippen molar-refractivity contribution in [2.24, 2.45) is 11.1 Å². The highest BCUT2D eigenvalue weighted by molar-refractivity contribution is 6.33. The summed E-state index contributed by atoms with van der Waals surface area (Å²) in [5.41, 5.74) is 7.92. The third-order valence-electron chi connectivity index (χ3n) is 4.60. The Kier molecular flexibility index (Phi) is 4.36. The molecule has 2 aromatic heterocycles. The molecule has 1 fully saturated rings. The smallest absolute Gasteiger partial charge is 0.274 e. The van der Waals surface area contributed by atoms with Gasteiger partial charge in [-0.1, -0.05) is 18.5 Å². The number of hydrogen-bond donors (Lipinski definition) is 1. The number of nitrogens with two attached hydrogens (primary N) is 1. The Balaban J connectivity index is 1.92. The maximum Gasteiger partial charge on any atom is 0.274 e. The molecule has 1 aliphatic rings. The minimum atomic E-state index is -0.152. The number of nitrogens with zero attached hydrogens (tertiary/aromatic N) is 4. The molecule has 1 amide bonds. The zero-order valence-electron chi connectivity index (χ0n) is 14.2. The molecule has 3 heterocycles. The molecule has 2 N–H and O–H groups in total. The molecule has 0 spiro atoms. The van der Waals surface area contributed by atoms with E-state index >= 15 is 0 Å². The summed E-state index contributed by atoms with van der Waals surface area (Å²) < 4.78 is 1.72. The number of carbonyl (C=O) groups is 1. The van der Waals surface area contributed by atoms with Crippen molar-refractivity contribution in [1.82, 2.24) is 19.7 Å². The zero-order valence-corrected chi connectivity index (χ0v) is 15.0. The van der Waals surface area contributed by atoms with Gasteiger partial charge >= 0.3 is 0 Å².